The average molecular weight is 361 g/mol. The zero-order valence-electron chi connectivity index (χ0n) is 14.6. The van der Waals surface area contributed by atoms with Crippen molar-refractivity contribution in [1.29, 1.82) is 0 Å². The van der Waals surface area contributed by atoms with E-state index in [1.807, 2.05) is 4.90 Å². The number of aromatic nitrogens is 1. The van der Waals surface area contributed by atoms with E-state index in [0.29, 0.717) is 12.8 Å². The fourth-order valence-corrected chi connectivity index (χ4v) is 3.76. The lowest BCUT2D eigenvalue weighted by Gasteiger charge is -2.34. The Morgan fingerprint density at radius 1 is 1.20 bits per heavy atom. The highest BCUT2D eigenvalue weighted by atomic mass is 32.1. The normalized spacial score (nSPS) is 15.5. The zero-order valence-corrected chi connectivity index (χ0v) is 15.4. The molecule has 4 nitrogen and oxygen atoms in total. The van der Waals surface area contributed by atoms with E-state index in [4.69, 9.17) is 0 Å². The summed E-state index contributed by atoms with van der Waals surface area (Å²) in [5.41, 5.74) is 2.14. The Bertz CT molecular complexity index is 693. The molecule has 25 heavy (non-hydrogen) atoms. The SMILES string of the molecule is CCc1nc(CN2CCN(C(=O)CCc3ccc(F)cc3)CC2)cs1. The summed E-state index contributed by atoms with van der Waals surface area (Å²) in [7, 11) is 0. The summed E-state index contributed by atoms with van der Waals surface area (Å²) in [6.07, 6.45) is 2.14. The lowest BCUT2D eigenvalue weighted by atomic mass is 10.1. The number of thiazole rings is 1. The number of carbonyl (C=O) groups is 1. The fourth-order valence-electron chi connectivity index (χ4n) is 3.03. The van der Waals surface area contributed by atoms with Crippen LogP contribution in [0, 0.1) is 5.82 Å². The van der Waals surface area contributed by atoms with Crippen LogP contribution < -0.4 is 0 Å². The topological polar surface area (TPSA) is 36.4 Å². The van der Waals surface area contributed by atoms with Crippen LogP contribution in [0.25, 0.3) is 0 Å². The van der Waals surface area contributed by atoms with Crippen LogP contribution in [0.3, 0.4) is 0 Å². The number of benzene rings is 1. The molecule has 1 aliphatic rings. The van der Waals surface area contributed by atoms with Crippen LogP contribution >= 0.6 is 11.3 Å². The molecule has 6 heteroatoms. The van der Waals surface area contributed by atoms with Gasteiger partial charge in [0.2, 0.25) is 5.91 Å². The van der Waals surface area contributed by atoms with E-state index in [2.05, 4.69) is 22.2 Å². The molecule has 0 bridgehead atoms. The first-order chi connectivity index (χ1) is 12.1. The van der Waals surface area contributed by atoms with Gasteiger partial charge in [0.05, 0.1) is 10.7 Å². The summed E-state index contributed by atoms with van der Waals surface area (Å²) in [5.74, 6) is -0.0525. The van der Waals surface area contributed by atoms with Gasteiger partial charge in [-0.15, -0.1) is 11.3 Å². The number of piperazine rings is 1. The summed E-state index contributed by atoms with van der Waals surface area (Å²) >= 11 is 1.72. The van der Waals surface area contributed by atoms with Gasteiger partial charge in [0.25, 0.3) is 0 Å². The van der Waals surface area contributed by atoms with Gasteiger partial charge in [-0.25, -0.2) is 9.37 Å². The molecular weight excluding hydrogens is 337 g/mol. The van der Waals surface area contributed by atoms with Crippen LogP contribution in [0.1, 0.15) is 29.6 Å². The van der Waals surface area contributed by atoms with E-state index in [-0.39, 0.29) is 11.7 Å². The summed E-state index contributed by atoms with van der Waals surface area (Å²) in [6.45, 7) is 6.32. The lowest BCUT2D eigenvalue weighted by molar-refractivity contribution is -0.133. The molecule has 0 radical (unpaired) electrons. The Balaban J connectivity index is 1.41. The molecule has 2 heterocycles. The molecule has 1 saturated heterocycles. The Hall–Kier alpha value is -1.79. The minimum Gasteiger partial charge on any atom is -0.340 e. The Labute approximate surface area is 152 Å². The number of rotatable bonds is 6. The maximum atomic E-state index is 12.9. The van der Waals surface area contributed by atoms with Crippen LogP contribution in [-0.4, -0.2) is 46.9 Å². The highest BCUT2D eigenvalue weighted by molar-refractivity contribution is 7.09. The average Bonchev–Trinajstić information content (AvgIpc) is 3.09. The molecule has 1 amide bonds. The third kappa shape index (κ3) is 5.09. The van der Waals surface area contributed by atoms with Crippen molar-refractivity contribution in [2.24, 2.45) is 0 Å². The Kier molecular flexibility index (Phi) is 6.15. The maximum absolute atomic E-state index is 12.9. The van der Waals surface area contributed by atoms with Gasteiger partial charge >= 0.3 is 0 Å². The van der Waals surface area contributed by atoms with Crippen LogP contribution in [-0.2, 0) is 24.2 Å². The molecule has 1 aromatic heterocycles. The van der Waals surface area contributed by atoms with Gasteiger partial charge in [-0.3, -0.25) is 9.69 Å². The number of aryl methyl sites for hydroxylation is 2. The van der Waals surface area contributed by atoms with Gasteiger partial charge in [0.1, 0.15) is 5.82 Å². The molecule has 0 saturated carbocycles. The number of hydrogen-bond acceptors (Lipinski definition) is 4. The number of halogens is 1. The molecule has 1 aromatic carbocycles. The van der Waals surface area contributed by atoms with Crippen LogP contribution in [0.4, 0.5) is 4.39 Å². The molecule has 1 aliphatic heterocycles. The molecule has 0 spiro atoms. The van der Waals surface area contributed by atoms with Crippen molar-refractivity contribution in [3.63, 3.8) is 0 Å². The third-order valence-corrected chi connectivity index (χ3v) is 5.60. The van der Waals surface area contributed by atoms with Crippen molar-refractivity contribution >= 4 is 17.2 Å². The van der Waals surface area contributed by atoms with Crippen molar-refractivity contribution in [2.75, 3.05) is 26.2 Å². The van der Waals surface area contributed by atoms with Gasteiger partial charge in [-0.1, -0.05) is 19.1 Å². The quantitative estimate of drug-likeness (QED) is 0.793. The molecule has 0 unspecified atom stereocenters. The molecule has 3 rings (SSSR count). The van der Waals surface area contributed by atoms with E-state index < -0.39 is 0 Å². The molecule has 2 aromatic rings. The first-order valence-electron chi connectivity index (χ1n) is 8.82. The Morgan fingerprint density at radius 3 is 2.56 bits per heavy atom. The summed E-state index contributed by atoms with van der Waals surface area (Å²) in [4.78, 5) is 21.3. The zero-order chi connectivity index (χ0) is 17.6. The highest BCUT2D eigenvalue weighted by Crippen LogP contribution is 2.14. The second kappa shape index (κ2) is 8.54. The van der Waals surface area contributed by atoms with Gasteiger partial charge in [-0.05, 0) is 30.5 Å². The van der Waals surface area contributed by atoms with Crippen molar-refractivity contribution in [3.05, 3.63) is 51.7 Å². The van der Waals surface area contributed by atoms with E-state index in [9.17, 15) is 9.18 Å². The fraction of sp³-hybridized carbons (Fsp3) is 0.474. The second-order valence-corrected chi connectivity index (χ2v) is 7.31. The van der Waals surface area contributed by atoms with E-state index >= 15 is 0 Å². The van der Waals surface area contributed by atoms with Crippen LogP contribution in [0.5, 0.6) is 0 Å². The number of carbonyl (C=O) groups excluding carboxylic acids is 1. The largest absolute Gasteiger partial charge is 0.340 e. The van der Waals surface area contributed by atoms with Gasteiger partial charge < -0.3 is 4.90 Å². The second-order valence-electron chi connectivity index (χ2n) is 6.37. The van der Waals surface area contributed by atoms with E-state index in [1.165, 1.54) is 17.1 Å². The standard InChI is InChI=1S/C19H24FN3OS/c1-2-18-21-17(14-25-18)13-22-9-11-23(12-10-22)19(24)8-5-15-3-6-16(20)7-4-15/h3-4,6-7,14H,2,5,8-13H2,1H3. The molecule has 1 fully saturated rings. The predicted molar refractivity (Wildman–Crippen MR) is 98.1 cm³/mol. The summed E-state index contributed by atoms with van der Waals surface area (Å²) in [5, 5.41) is 3.32. The summed E-state index contributed by atoms with van der Waals surface area (Å²) in [6, 6.07) is 6.39. The molecule has 134 valence electrons. The van der Waals surface area contributed by atoms with Crippen molar-refractivity contribution < 1.29 is 9.18 Å². The van der Waals surface area contributed by atoms with Gasteiger partial charge in [-0.2, -0.15) is 0 Å². The number of nitrogens with zero attached hydrogens (tertiary/aromatic N) is 3. The lowest BCUT2D eigenvalue weighted by Crippen LogP contribution is -2.48. The van der Waals surface area contributed by atoms with Crippen molar-refractivity contribution in [3.8, 4) is 0 Å². The van der Waals surface area contributed by atoms with Gasteiger partial charge in [0, 0.05) is 44.5 Å². The van der Waals surface area contributed by atoms with Crippen molar-refractivity contribution in [2.45, 2.75) is 32.7 Å². The highest BCUT2D eigenvalue weighted by Gasteiger charge is 2.21. The molecule has 0 N–H and O–H groups in total. The minimum atomic E-state index is -0.239. The molecule has 0 aliphatic carbocycles. The predicted octanol–water partition coefficient (Wildman–Crippen LogP) is 3.12. The number of hydrogen-bond donors (Lipinski definition) is 0. The third-order valence-electron chi connectivity index (χ3n) is 4.55. The smallest absolute Gasteiger partial charge is 0.222 e. The van der Waals surface area contributed by atoms with Crippen LogP contribution in [0.15, 0.2) is 29.6 Å². The van der Waals surface area contributed by atoms with Crippen molar-refractivity contribution in [1.82, 2.24) is 14.8 Å². The maximum Gasteiger partial charge on any atom is 0.222 e. The van der Waals surface area contributed by atoms with E-state index in [0.717, 1.165) is 50.4 Å². The first kappa shape index (κ1) is 18.0. The van der Waals surface area contributed by atoms with Gasteiger partial charge in [0.15, 0.2) is 0 Å². The number of amides is 1. The molecule has 0 atom stereocenters. The minimum absolute atomic E-state index is 0.186. The monoisotopic (exact) mass is 361 g/mol. The summed E-state index contributed by atoms with van der Waals surface area (Å²) < 4.78 is 12.9. The molecular formula is C19H24FN3OS. The first-order valence-corrected chi connectivity index (χ1v) is 9.70. The Morgan fingerprint density at radius 2 is 1.92 bits per heavy atom. The van der Waals surface area contributed by atoms with Crippen LogP contribution in [0.2, 0.25) is 0 Å². The van der Waals surface area contributed by atoms with E-state index in [1.54, 1.807) is 23.5 Å².